The second kappa shape index (κ2) is 5.35. The molecule has 2 rings (SSSR count). The van der Waals surface area contributed by atoms with Crippen LogP contribution < -0.4 is 10.6 Å². The lowest BCUT2D eigenvalue weighted by Gasteiger charge is -2.20. The Kier molecular flexibility index (Phi) is 3.83. The summed E-state index contributed by atoms with van der Waals surface area (Å²) in [7, 11) is 0. The maximum Gasteiger partial charge on any atom is 0.0396 e. The van der Waals surface area contributed by atoms with E-state index in [1.807, 2.05) is 0 Å². The van der Waals surface area contributed by atoms with E-state index < -0.39 is 0 Å². The highest BCUT2D eigenvalue weighted by Gasteiger charge is 2.13. The van der Waals surface area contributed by atoms with Gasteiger partial charge in [0.15, 0.2) is 0 Å². The standard InChI is InChI=1S/C14H22N2/c1-12-11-13(5-4-8-15)6-7-14(12)16-9-2-3-10-16/h6-7,11H,2-5,8-10,15H2,1H3. The van der Waals surface area contributed by atoms with Gasteiger partial charge in [-0.25, -0.2) is 0 Å². The van der Waals surface area contributed by atoms with Gasteiger partial charge in [0.1, 0.15) is 0 Å². The highest BCUT2D eigenvalue weighted by molar-refractivity contribution is 5.55. The molecule has 0 unspecified atom stereocenters. The fourth-order valence-corrected chi connectivity index (χ4v) is 2.49. The Balaban J connectivity index is 2.09. The fourth-order valence-electron chi connectivity index (χ4n) is 2.49. The summed E-state index contributed by atoms with van der Waals surface area (Å²) < 4.78 is 0. The Bertz CT molecular complexity index is 341. The molecule has 1 heterocycles. The molecule has 2 N–H and O–H groups in total. The first-order chi connectivity index (χ1) is 7.81. The molecule has 0 atom stereocenters. The summed E-state index contributed by atoms with van der Waals surface area (Å²) in [5.74, 6) is 0. The van der Waals surface area contributed by atoms with E-state index in [0.717, 1.165) is 19.4 Å². The summed E-state index contributed by atoms with van der Waals surface area (Å²) in [5.41, 5.74) is 9.80. The van der Waals surface area contributed by atoms with E-state index in [4.69, 9.17) is 5.73 Å². The van der Waals surface area contributed by atoms with Gasteiger partial charge in [-0.15, -0.1) is 0 Å². The molecule has 88 valence electrons. The smallest absolute Gasteiger partial charge is 0.0396 e. The van der Waals surface area contributed by atoms with E-state index in [9.17, 15) is 0 Å². The molecule has 1 aromatic carbocycles. The molecule has 0 aliphatic carbocycles. The van der Waals surface area contributed by atoms with Gasteiger partial charge in [0.2, 0.25) is 0 Å². The first kappa shape index (κ1) is 11.5. The number of nitrogens with zero attached hydrogens (tertiary/aromatic N) is 1. The molecule has 0 aromatic heterocycles. The summed E-state index contributed by atoms with van der Waals surface area (Å²) in [4.78, 5) is 2.50. The van der Waals surface area contributed by atoms with E-state index in [-0.39, 0.29) is 0 Å². The van der Waals surface area contributed by atoms with Crippen molar-refractivity contribution in [2.75, 3.05) is 24.5 Å². The van der Waals surface area contributed by atoms with Crippen LogP contribution in [-0.4, -0.2) is 19.6 Å². The lowest BCUT2D eigenvalue weighted by atomic mass is 10.0. The van der Waals surface area contributed by atoms with Crippen LogP contribution in [0.15, 0.2) is 18.2 Å². The van der Waals surface area contributed by atoms with E-state index in [1.54, 1.807) is 0 Å². The first-order valence-electron chi connectivity index (χ1n) is 6.36. The first-order valence-corrected chi connectivity index (χ1v) is 6.36. The summed E-state index contributed by atoms with van der Waals surface area (Å²) in [5, 5.41) is 0. The van der Waals surface area contributed by atoms with Gasteiger partial charge in [-0.1, -0.05) is 12.1 Å². The van der Waals surface area contributed by atoms with Crippen molar-refractivity contribution in [3.05, 3.63) is 29.3 Å². The van der Waals surface area contributed by atoms with Crippen LogP contribution in [-0.2, 0) is 6.42 Å². The molecule has 1 aliphatic heterocycles. The van der Waals surface area contributed by atoms with Gasteiger partial charge in [0, 0.05) is 18.8 Å². The molecule has 0 spiro atoms. The second-order valence-corrected chi connectivity index (χ2v) is 4.71. The number of nitrogens with two attached hydrogens (primary N) is 1. The number of hydrogen-bond donors (Lipinski definition) is 1. The van der Waals surface area contributed by atoms with Crippen molar-refractivity contribution < 1.29 is 0 Å². The van der Waals surface area contributed by atoms with Crippen LogP contribution in [0.2, 0.25) is 0 Å². The highest BCUT2D eigenvalue weighted by atomic mass is 15.1. The molecule has 1 aromatic rings. The average molecular weight is 218 g/mol. The topological polar surface area (TPSA) is 29.3 Å². The molecule has 1 saturated heterocycles. The third-order valence-corrected chi connectivity index (χ3v) is 3.38. The van der Waals surface area contributed by atoms with Gasteiger partial charge in [0.25, 0.3) is 0 Å². The number of anilines is 1. The Morgan fingerprint density at radius 1 is 1.25 bits per heavy atom. The normalized spacial score (nSPS) is 15.8. The van der Waals surface area contributed by atoms with Crippen LogP contribution in [0.3, 0.4) is 0 Å². The fraction of sp³-hybridized carbons (Fsp3) is 0.571. The Morgan fingerprint density at radius 3 is 2.62 bits per heavy atom. The minimum absolute atomic E-state index is 0.785. The van der Waals surface area contributed by atoms with Crippen molar-refractivity contribution in [1.29, 1.82) is 0 Å². The number of rotatable bonds is 4. The van der Waals surface area contributed by atoms with Crippen molar-refractivity contribution in [2.45, 2.75) is 32.6 Å². The van der Waals surface area contributed by atoms with Crippen LogP contribution in [0.5, 0.6) is 0 Å². The number of aryl methyl sites for hydroxylation is 2. The minimum Gasteiger partial charge on any atom is -0.371 e. The van der Waals surface area contributed by atoms with E-state index in [0.29, 0.717) is 0 Å². The minimum atomic E-state index is 0.785. The molecule has 2 heteroatoms. The van der Waals surface area contributed by atoms with E-state index >= 15 is 0 Å². The van der Waals surface area contributed by atoms with Crippen molar-refractivity contribution in [3.63, 3.8) is 0 Å². The quantitative estimate of drug-likeness (QED) is 0.841. The predicted octanol–water partition coefficient (Wildman–Crippen LogP) is 2.49. The summed E-state index contributed by atoms with van der Waals surface area (Å²) in [6, 6.07) is 6.87. The Hall–Kier alpha value is -1.02. The zero-order valence-electron chi connectivity index (χ0n) is 10.2. The zero-order chi connectivity index (χ0) is 11.4. The van der Waals surface area contributed by atoms with Crippen LogP contribution >= 0.6 is 0 Å². The van der Waals surface area contributed by atoms with Crippen molar-refractivity contribution in [1.82, 2.24) is 0 Å². The maximum absolute atomic E-state index is 5.54. The van der Waals surface area contributed by atoms with E-state index in [1.165, 1.54) is 42.7 Å². The summed E-state index contributed by atoms with van der Waals surface area (Å²) in [6.45, 7) is 5.46. The van der Waals surface area contributed by atoms with Gasteiger partial charge in [-0.05, 0) is 56.3 Å². The lowest BCUT2D eigenvalue weighted by molar-refractivity contribution is 0.831. The molecule has 1 fully saturated rings. The molecular formula is C14H22N2. The van der Waals surface area contributed by atoms with Gasteiger partial charge in [0.05, 0.1) is 0 Å². The summed E-state index contributed by atoms with van der Waals surface area (Å²) >= 11 is 0. The Morgan fingerprint density at radius 2 is 2.00 bits per heavy atom. The third-order valence-electron chi connectivity index (χ3n) is 3.38. The van der Waals surface area contributed by atoms with Crippen molar-refractivity contribution >= 4 is 5.69 Å². The zero-order valence-corrected chi connectivity index (χ0v) is 10.2. The molecule has 0 saturated carbocycles. The van der Waals surface area contributed by atoms with E-state index in [2.05, 4.69) is 30.0 Å². The van der Waals surface area contributed by atoms with Crippen LogP contribution in [0, 0.1) is 6.92 Å². The van der Waals surface area contributed by atoms with Crippen molar-refractivity contribution in [3.8, 4) is 0 Å². The highest BCUT2D eigenvalue weighted by Crippen LogP contribution is 2.25. The number of benzene rings is 1. The third kappa shape index (κ3) is 2.56. The van der Waals surface area contributed by atoms with Gasteiger partial charge in [-0.2, -0.15) is 0 Å². The Labute approximate surface area is 98.4 Å². The monoisotopic (exact) mass is 218 g/mol. The molecule has 1 aliphatic rings. The maximum atomic E-state index is 5.54. The summed E-state index contributed by atoms with van der Waals surface area (Å²) in [6.07, 6.45) is 4.88. The molecule has 16 heavy (non-hydrogen) atoms. The SMILES string of the molecule is Cc1cc(CCCN)ccc1N1CCCC1. The van der Waals surface area contributed by atoms with Crippen LogP contribution in [0.25, 0.3) is 0 Å². The molecular weight excluding hydrogens is 196 g/mol. The van der Waals surface area contributed by atoms with Gasteiger partial charge < -0.3 is 10.6 Å². The largest absolute Gasteiger partial charge is 0.371 e. The van der Waals surface area contributed by atoms with Gasteiger partial charge >= 0.3 is 0 Å². The van der Waals surface area contributed by atoms with Gasteiger partial charge in [-0.3, -0.25) is 0 Å². The molecule has 0 amide bonds. The van der Waals surface area contributed by atoms with Crippen molar-refractivity contribution in [2.24, 2.45) is 5.73 Å². The van der Waals surface area contributed by atoms with Crippen LogP contribution in [0.1, 0.15) is 30.4 Å². The molecule has 0 radical (unpaired) electrons. The average Bonchev–Trinajstić information content (AvgIpc) is 2.80. The lowest BCUT2D eigenvalue weighted by Crippen LogP contribution is -2.18. The van der Waals surface area contributed by atoms with Crippen LogP contribution in [0.4, 0.5) is 5.69 Å². The molecule has 0 bridgehead atoms. The predicted molar refractivity (Wildman–Crippen MR) is 70.0 cm³/mol. The second-order valence-electron chi connectivity index (χ2n) is 4.71. The number of hydrogen-bond acceptors (Lipinski definition) is 2. The molecule has 2 nitrogen and oxygen atoms in total.